The molecule has 0 radical (unpaired) electrons. The maximum Gasteiger partial charge on any atom is 0.303 e. The summed E-state index contributed by atoms with van der Waals surface area (Å²) in [4.78, 5) is 24.2. The molecular weight excluding hydrogens is 218 g/mol. The number of carbonyl (C=O) groups is 2. The standard InChI is InChI=1S/C13H21NO3/c15-11(4-5-12(16)17)14-9-8-13(10-14)6-2-1-3-7-13/h1-10H2,(H,16,17). The summed E-state index contributed by atoms with van der Waals surface area (Å²) in [7, 11) is 0. The quantitative estimate of drug-likeness (QED) is 0.819. The van der Waals surface area contributed by atoms with Gasteiger partial charge in [0.1, 0.15) is 0 Å². The van der Waals surface area contributed by atoms with Gasteiger partial charge in [-0.3, -0.25) is 9.59 Å². The summed E-state index contributed by atoms with van der Waals surface area (Å²) in [5.41, 5.74) is 0.372. The third-order valence-corrected chi connectivity index (χ3v) is 4.26. The molecule has 1 N–H and O–H groups in total. The number of rotatable bonds is 3. The summed E-state index contributed by atoms with van der Waals surface area (Å²) in [6, 6.07) is 0. The molecule has 0 aromatic heterocycles. The van der Waals surface area contributed by atoms with Crippen LogP contribution < -0.4 is 0 Å². The van der Waals surface area contributed by atoms with Gasteiger partial charge in [0.05, 0.1) is 6.42 Å². The normalized spacial score (nSPS) is 22.9. The molecule has 1 saturated heterocycles. The van der Waals surface area contributed by atoms with Gasteiger partial charge in [-0.1, -0.05) is 19.3 Å². The number of likely N-dealkylation sites (tertiary alicyclic amines) is 1. The predicted octanol–water partition coefficient (Wildman–Crippen LogP) is 2.03. The number of carboxylic acids is 1. The number of nitrogens with zero attached hydrogens (tertiary/aromatic N) is 1. The highest BCUT2D eigenvalue weighted by Gasteiger charge is 2.40. The van der Waals surface area contributed by atoms with Crippen LogP contribution in [0.1, 0.15) is 51.4 Å². The summed E-state index contributed by atoms with van der Waals surface area (Å²) in [6.45, 7) is 1.70. The van der Waals surface area contributed by atoms with E-state index in [2.05, 4.69) is 0 Å². The van der Waals surface area contributed by atoms with E-state index in [-0.39, 0.29) is 18.7 Å². The number of hydrogen-bond acceptors (Lipinski definition) is 2. The molecule has 1 saturated carbocycles. The van der Waals surface area contributed by atoms with E-state index in [1.54, 1.807) is 0 Å². The molecule has 4 nitrogen and oxygen atoms in total. The van der Waals surface area contributed by atoms with Crippen LogP contribution in [0, 0.1) is 5.41 Å². The highest BCUT2D eigenvalue weighted by molar-refractivity contribution is 5.81. The van der Waals surface area contributed by atoms with Gasteiger partial charge in [0.2, 0.25) is 5.91 Å². The van der Waals surface area contributed by atoms with Crippen LogP contribution in [-0.2, 0) is 9.59 Å². The molecule has 96 valence electrons. The zero-order chi connectivity index (χ0) is 12.3. The Bertz CT molecular complexity index is 308. The van der Waals surface area contributed by atoms with Gasteiger partial charge in [0, 0.05) is 19.5 Å². The Balaban J connectivity index is 1.84. The Labute approximate surface area is 102 Å². The minimum Gasteiger partial charge on any atom is -0.481 e. The number of carboxylic acid groups (broad SMARTS) is 1. The van der Waals surface area contributed by atoms with Crippen molar-refractivity contribution in [1.82, 2.24) is 4.90 Å². The van der Waals surface area contributed by atoms with Crippen molar-refractivity contribution in [2.24, 2.45) is 5.41 Å². The molecule has 0 aromatic carbocycles. The molecular formula is C13H21NO3. The average molecular weight is 239 g/mol. The molecule has 2 rings (SSSR count). The van der Waals surface area contributed by atoms with E-state index in [0.29, 0.717) is 5.41 Å². The third kappa shape index (κ3) is 2.99. The first-order chi connectivity index (χ1) is 8.11. The first-order valence-corrected chi connectivity index (χ1v) is 6.61. The zero-order valence-electron chi connectivity index (χ0n) is 10.3. The van der Waals surface area contributed by atoms with Gasteiger partial charge in [-0.25, -0.2) is 0 Å². The molecule has 0 bridgehead atoms. The lowest BCUT2D eigenvalue weighted by Crippen LogP contribution is -2.33. The predicted molar refractivity (Wildman–Crippen MR) is 63.6 cm³/mol. The van der Waals surface area contributed by atoms with Crippen LogP contribution in [0.2, 0.25) is 0 Å². The lowest BCUT2D eigenvalue weighted by Gasteiger charge is -2.33. The Morgan fingerprint density at radius 1 is 1.06 bits per heavy atom. The van der Waals surface area contributed by atoms with E-state index >= 15 is 0 Å². The van der Waals surface area contributed by atoms with E-state index in [1.165, 1.54) is 32.1 Å². The van der Waals surface area contributed by atoms with Crippen LogP contribution in [0.25, 0.3) is 0 Å². The van der Waals surface area contributed by atoms with Crippen molar-refractivity contribution in [2.45, 2.75) is 51.4 Å². The maximum absolute atomic E-state index is 11.8. The molecule has 0 aromatic rings. The SMILES string of the molecule is O=C(O)CCC(=O)N1CCC2(CCCCC2)C1. The van der Waals surface area contributed by atoms with E-state index in [9.17, 15) is 9.59 Å². The summed E-state index contributed by atoms with van der Waals surface area (Å²) in [6.07, 6.45) is 7.63. The molecule has 2 fully saturated rings. The van der Waals surface area contributed by atoms with Crippen LogP contribution in [0.5, 0.6) is 0 Å². The lowest BCUT2D eigenvalue weighted by atomic mass is 9.73. The summed E-state index contributed by atoms with van der Waals surface area (Å²) < 4.78 is 0. The fourth-order valence-electron chi connectivity index (χ4n) is 3.23. The maximum atomic E-state index is 11.8. The van der Waals surface area contributed by atoms with Crippen molar-refractivity contribution in [1.29, 1.82) is 0 Å². The molecule has 1 amide bonds. The van der Waals surface area contributed by atoms with Crippen molar-refractivity contribution < 1.29 is 14.7 Å². The summed E-state index contributed by atoms with van der Waals surface area (Å²) >= 11 is 0. The molecule has 0 unspecified atom stereocenters. The number of hydrogen-bond donors (Lipinski definition) is 1. The highest BCUT2D eigenvalue weighted by Crippen LogP contribution is 2.43. The van der Waals surface area contributed by atoms with Crippen molar-refractivity contribution in [2.75, 3.05) is 13.1 Å². The van der Waals surface area contributed by atoms with E-state index in [0.717, 1.165) is 19.5 Å². The van der Waals surface area contributed by atoms with Crippen LogP contribution >= 0.6 is 0 Å². The first kappa shape index (κ1) is 12.4. The zero-order valence-corrected chi connectivity index (χ0v) is 10.3. The van der Waals surface area contributed by atoms with Crippen LogP contribution in [0.3, 0.4) is 0 Å². The Morgan fingerprint density at radius 3 is 2.41 bits per heavy atom. The minimum absolute atomic E-state index is 0.0230. The van der Waals surface area contributed by atoms with Gasteiger partial charge in [-0.2, -0.15) is 0 Å². The fraction of sp³-hybridized carbons (Fsp3) is 0.846. The van der Waals surface area contributed by atoms with Gasteiger partial charge < -0.3 is 10.0 Å². The lowest BCUT2D eigenvalue weighted by molar-refractivity contribution is -0.140. The molecule has 1 heterocycles. The van der Waals surface area contributed by atoms with Gasteiger partial charge in [-0.05, 0) is 24.7 Å². The molecule has 1 aliphatic heterocycles. The smallest absolute Gasteiger partial charge is 0.303 e. The number of amides is 1. The van der Waals surface area contributed by atoms with E-state index in [1.807, 2.05) is 4.90 Å². The molecule has 2 aliphatic rings. The summed E-state index contributed by atoms with van der Waals surface area (Å²) in [5, 5.41) is 8.58. The van der Waals surface area contributed by atoms with Crippen molar-refractivity contribution >= 4 is 11.9 Å². The van der Waals surface area contributed by atoms with E-state index < -0.39 is 5.97 Å². The molecule has 17 heavy (non-hydrogen) atoms. The minimum atomic E-state index is -0.884. The van der Waals surface area contributed by atoms with Gasteiger partial charge in [0.25, 0.3) is 0 Å². The van der Waals surface area contributed by atoms with Gasteiger partial charge in [0.15, 0.2) is 0 Å². The van der Waals surface area contributed by atoms with Crippen LogP contribution in [0.15, 0.2) is 0 Å². The Morgan fingerprint density at radius 2 is 1.76 bits per heavy atom. The molecule has 0 atom stereocenters. The molecule has 4 heteroatoms. The van der Waals surface area contributed by atoms with Crippen molar-refractivity contribution in [3.8, 4) is 0 Å². The summed E-state index contributed by atoms with van der Waals surface area (Å²) in [5.74, 6) is -0.861. The largest absolute Gasteiger partial charge is 0.481 e. The van der Waals surface area contributed by atoms with Gasteiger partial charge in [-0.15, -0.1) is 0 Å². The highest BCUT2D eigenvalue weighted by atomic mass is 16.4. The molecule has 1 spiro atoms. The van der Waals surface area contributed by atoms with Crippen LogP contribution in [-0.4, -0.2) is 35.0 Å². The van der Waals surface area contributed by atoms with Gasteiger partial charge >= 0.3 is 5.97 Å². The topological polar surface area (TPSA) is 57.6 Å². The number of aliphatic carboxylic acids is 1. The van der Waals surface area contributed by atoms with Crippen molar-refractivity contribution in [3.05, 3.63) is 0 Å². The molecule has 1 aliphatic carbocycles. The van der Waals surface area contributed by atoms with E-state index in [4.69, 9.17) is 5.11 Å². The monoisotopic (exact) mass is 239 g/mol. The van der Waals surface area contributed by atoms with Crippen molar-refractivity contribution in [3.63, 3.8) is 0 Å². The Hall–Kier alpha value is -1.06. The fourth-order valence-corrected chi connectivity index (χ4v) is 3.23. The second-order valence-corrected chi connectivity index (χ2v) is 5.52. The first-order valence-electron chi connectivity index (χ1n) is 6.61. The number of carbonyl (C=O) groups excluding carboxylic acids is 1. The third-order valence-electron chi connectivity index (χ3n) is 4.26. The Kier molecular flexibility index (Phi) is 3.69. The van der Waals surface area contributed by atoms with Crippen LogP contribution in [0.4, 0.5) is 0 Å². The second-order valence-electron chi connectivity index (χ2n) is 5.52. The second kappa shape index (κ2) is 5.07. The average Bonchev–Trinajstić information content (AvgIpc) is 2.71.